The highest BCUT2D eigenvalue weighted by molar-refractivity contribution is 7.98. The predicted molar refractivity (Wildman–Crippen MR) is 65.3 cm³/mol. The number of rotatable bonds is 4. The van der Waals surface area contributed by atoms with Crippen molar-refractivity contribution in [2.75, 3.05) is 19.3 Å². The number of amides is 1. The van der Waals surface area contributed by atoms with Crippen LogP contribution >= 0.6 is 11.8 Å². The molecule has 106 valence electrons. The molecule has 0 aromatic heterocycles. The van der Waals surface area contributed by atoms with Crippen LogP contribution in [0, 0.1) is 23.3 Å². The number of carbonyl (C=O) groups is 1. The van der Waals surface area contributed by atoms with Gasteiger partial charge in [-0.25, -0.2) is 17.6 Å². The quantitative estimate of drug-likeness (QED) is 0.482. The van der Waals surface area contributed by atoms with Crippen molar-refractivity contribution in [2.24, 2.45) is 0 Å². The van der Waals surface area contributed by atoms with Crippen molar-refractivity contribution in [2.45, 2.75) is 18.7 Å². The average Bonchev–Trinajstić information content (AvgIpc) is 2.39. The van der Waals surface area contributed by atoms with E-state index in [2.05, 4.69) is 0 Å². The van der Waals surface area contributed by atoms with Crippen LogP contribution in [0.2, 0.25) is 0 Å². The molecule has 19 heavy (non-hydrogen) atoms. The van der Waals surface area contributed by atoms with E-state index in [1.165, 1.54) is 6.26 Å². The number of benzene rings is 1. The number of hydrogen-bond donors (Lipinski definition) is 0. The second-order valence-electron chi connectivity index (χ2n) is 3.64. The van der Waals surface area contributed by atoms with Gasteiger partial charge in [0.25, 0.3) is 5.91 Å². The van der Waals surface area contributed by atoms with E-state index in [-0.39, 0.29) is 13.1 Å². The summed E-state index contributed by atoms with van der Waals surface area (Å²) in [6.07, 6.45) is 1.28. The highest BCUT2D eigenvalue weighted by atomic mass is 32.2. The lowest BCUT2D eigenvalue weighted by Crippen LogP contribution is -2.32. The number of thioether (sulfide) groups is 1. The molecule has 0 unspecified atom stereocenters. The van der Waals surface area contributed by atoms with Crippen molar-refractivity contribution in [3.05, 3.63) is 28.8 Å². The molecule has 1 aromatic rings. The number of nitrogens with zero attached hydrogens (tertiary/aromatic N) is 1. The number of halogens is 4. The molecule has 0 aliphatic rings. The Morgan fingerprint density at radius 2 is 1.42 bits per heavy atom. The van der Waals surface area contributed by atoms with E-state index in [9.17, 15) is 22.4 Å². The van der Waals surface area contributed by atoms with Crippen LogP contribution in [-0.2, 0) is 0 Å². The van der Waals surface area contributed by atoms with E-state index < -0.39 is 39.6 Å². The Bertz CT molecular complexity index is 474. The molecule has 0 saturated heterocycles. The van der Waals surface area contributed by atoms with Crippen molar-refractivity contribution in [1.29, 1.82) is 0 Å². The first-order valence-corrected chi connectivity index (χ1v) is 6.82. The first kappa shape index (κ1) is 15.8. The summed E-state index contributed by atoms with van der Waals surface area (Å²) in [4.78, 5) is 12.2. The fourth-order valence-electron chi connectivity index (χ4n) is 1.65. The van der Waals surface area contributed by atoms with E-state index in [0.717, 1.165) is 4.90 Å². The van der Waals surface area contributed by atoms with Crippen LogP contribution in [0.25, 0.3) is 0 Å². The van der Waals surface area contributed by atoms with Gasteiger partial charge in [0.1, 0.15) is 5.56 Å². The summed E-state index contributed by atoms with van der Waals surface area (Å²) in [5, 5.41) is 0. The molecule has 1 aromatic carbocycles. The van der Waals surface area contributed by atoms with E-state index in [1.807, 2.05) is 0 Å². The van der Waals surface area contributed by atoms with Crippen LogP contribution in [0.15, 0.2) is 4.90 Å². The van der Waals surface area contributed by atoms with Gasteiger partial charge in [-0.3, -0.25) is 4.79 Å². The Balaban J connectivity index is 3.49. The van der Waals surface area contributed by atoms with Crippen molar-refractivity contribution >= 4 is 17.7 Å². The molecule has 0 atom stereocenters. The van der Waals surface area contributed by atoms with E-state index in [0.29, 0.717) is 11.8 Å². The third kappa shape index (κ3) is 2.70. The Morgan fingerprint density at radius 1 is 1.00 bits per heavy atom. The van der Waals surface area contributed by atoms with E-state index in [1.54, 1.807) is 13.8 Å². The van der Waals surface area contributed by atoms with Crippen molar-refractivity contribution in [3.63, 3.8) is 0 Å². The summed E-state index contributed by atoms with van der Waals surface area (Å²) < 4.78 is 54.6. The molecule has 0 aliphatic heterocycles. The van der Waals surface area contributed by atoms with Gasteiger partial charge in [0.2, 0.25) is 0 Å². The first-order chi connectivity index (χ1) is 8.90. The zero-order chi connectivity index (χ0) is 14.7. The summed E-state index contributed by atoms with van der Waals surface area (Å²) in [5.41, 5.74) is -1.18. The molecule has 7 heteroatoms. The lowest BCUT2D eigenvalue weighted by atomic mass is 10.1. The van der Waals surface area contributed by atoms with Gasteiger partial charge in [-0.05, 0) is 20.1 Å². The van der Waals surface area contributed by atoms with Gasteiger partial charge in [-0.2, -0.15) is 0 Å². The second kappa shape index (κ2) is 6.27. The van der Waals surface area contributed by atoms with Crippen LogP contribution < -0.4 is 0 Å². The first-order valence-electron chi connectivity index (χ1n) is 5.59. The molecule has 2 nitrogen and oxygen atoms in total. The van der Waals surface area contributed by atoms with Crippen LogP contribution in [0.4, 0.5) is 17.6 Å². The number of carbonyl (C=O) groups excluding carboxylic acids is 1. The molecule has 0 saturated carbocycles. The minimum Gasteiger partial charge on any atom is -0.339 e. The molecule has 0 heterocycles. The zero-order valence-corrected chi connectivity index (χ0v) is 11.5. The van der Waals surface area contributed by atoms with Gasteiger partial charge in [0, 0.05) is 13.1 Å². The molecule has 0 fully saturated rings. The summed E-state index contributed by atoms with van der Waals surface area (Å²) in [7, 11) is 0. The van der Waals surface area contributed by atoms with Crippen molar-refractivity contribution in [1.82, 2.24) is 4.90 Å². The van der Waals surface area contributed by atoms with Crippen LogP contribution in [0.1, 0.15) is 24.2 Å². The van der Waals surface area contributed by atoms with Crippen LogP contribution in [0.3, 0.4) is 0 Å². The monoisotopic (exact) mass is 295 g/mol. The normalized spacial score (nSPS) is 10.7. The number of hydrogen-bond acceptors (Lipinski definition) is 2. The van der Waals surface area contributed by atoms with Gasteiger partial charge in [-0.1, -0.05) is 0 Å². The Hall–Kier alpha value is -1.24. The van der Waals surface area contributed by atoms with Crippen molar-refractivity contribution in [3.8, 4) is 0 Å². The summed E-state index contributed by atoms with van der Waals surface area (Å²) in [6, 6.07) is 0. The second-order valence-corrected chi connectivity index (χ2v) is 4.46. The van der Waals surface area contributed by atoms with E-state index >= 15 is 0 Å². The third-order valence-corrected chi connectivity index (χ3v) is 3.46. The Morgan fingerprint density at radius 3 is 1.74 bits per heavy atom. The van der Waals surface area contributed by atoms with Crippen LogP contribution in [-0.4, -0.2) is 30.2 Å². The van der Waals surface area contributed by atoms with Gasteiger partial charge in [0.15, 0.2) is 23.3 Å². The third-order valence-electron chi connectivity index (χ3n) is 2.69. The maximum Gasteiger partial charge on any atom is 0.260 e. The molecule has 0 spiro atoms. The Kier molecular flexibility index (Phi) is 5.22. The summed E-state index contributed by atoms with van der Waals surface area (Å²) >= 11 is 0.536. The highest BCUT2D eigenvalue weighted by Crippen LogP contribution is 2.30. The molecule has 1 rings (SSSR count). The molecule has 0 radical (unpaired) electrons. The van der Waals surface area contributed by atoms with Crippen LogP contribution in [0.5, 0.6) is 0 Å². The van der Waals surface area contributed by atoms with E-state index in [4.69, 9.17) is 0 Å². The molecule has 0 bridgehead atoms. The molecular weight excluding hydrogens is 282 g/mol. The molecule has 0 aliphatic carbocycles. The Labute approximate surface area is 112 Å². The topological polar surface area (TPSA) is 20.3 Å². The fourth-order valence-corrected chi connectivity index (χ4v) is 2.19. The average molecular weight is 295 g/mol. The van der Waals surface area contributed by atoms with Gasteiger partial charge in [0.05, 0.1) is 4.90 Å². The maximum atomic E-state index is 13.7. The van der Waals surface area contributed by atoms with Crippen molar-refractivity contribution < 1.29 is 22.4 Å². The lowest BCUT2D eigenvalue weighted by Gasteiger charge is -2.20. The SMILES string of the molecule is CCN(CC)C(=O)c1c(F)c(F)c(SC)c(F)c1F. The molecule has 0 N–H and O–H groups in total. The minimum atomic E-state index is -1.65. The van der Waals surface area contributed by atoms with Gasteiger partial charge < -0.3 is 4.90 Å². The highest BCUT2D eigenvalue weighted by Gasteiger charge is 2.30. The van der Waals surface area contributed by atoms with Gasteiger partial charge in [-0.15, -0.1) is 11.8 Å². The summed E-state index contributed by atoms with van der Waals surface area (Å²) in [6.45, 7) is 3.56. The summed E-state index contributed by atoms with van der Waals surface area (Å²) in [5.74, 6) is -7.45. The zero-order valence-electron chi connectivity index (χ0n) is 10.7. The molecular formula is C12H13F4NOS. The maximum absolute atomic E-state index is 13.7. The minimum absolute atomic E-state index is 0.182. The largest absolute Gasteiger partial charge is 0.339 e. The predicted octanol–water partition coefficient (Wildman–Crippen LogP) is 3.45. The lowest BCUT2D eigenvalue weighted by molar-refractivity contribution is 0.0760. The molecule has 1 amide bonds. The smallest absolute Gasteiger partial charge is 0.260 e. The fraction of sp³-hybridized carbons (Fsp3) is 0.417. The van der Waals surface area contributed by atoms with Gasteiger partial charge >= 0.3 is 0 Å². The standard InChI is InChI=1S/C12H13F4NOS/c1-4-17(5-2)12(18)6-7(13)9(15)11(19-3)10(16)8(6)14/h4-5H2,1-3H3.